The zero-order valence-corrected chi connectivity index (χ0v) is 21.0. The Morgan fingerprint density at radius 2 is 1.86 bits per heavy atom. The van der Waals surface area contributed by atoms with Gasteiger partial charge in [-0.3, -0.25) is 4.79 Å². The average molecular weight is 483 g/mol. The van der Waals surface area contributed by atoms with E-state index in [1.54, 1.807) is 24.7 Å². The Bertz CT molecular complexity index is 1310. The summed E-state index contributed by atoms with van der Waals surface area (Å²) < 4.78 is 0. The van der Waals surface area contributed by atoms with Gasteiger partial charge in [0.05, 0.1) is 23.1 Å². The molecule has 1 saturated heterocycles. The molecule has 9 heteroatoms. The van der Waals surface area contributed by atoms with E-state index in [1.165, 1.54) is 0 Å². The maximum atomic E-state index is 13.4. The van der Waals surface area contributed by atoms with Gasteiger partial charge in [0.15, 0.2) is 0 Å². The van der Waals surface area contributed by atoms with Crippen LogP contribution in [-0.2, 0) is 10.2 Å². The number of carbonyl (C=O) groups excluding carboxylic acids is 1. The van der Waals surface area contributed by atoms with Crippen LogP contribution in [0.4, 0.5) is 17.5 Å². The lowest BCUT2D eigenvalue weighted by Crippen LogP contribution is -2.67. The SMILES string of the molecule is C[C@@H]1CN(c2ncnc3c2C(C)(CC#N)CN3c2cc(C#N)ccn2)[C@@H](C)CN1C(=O)C12CC(C1)C2. The van der Waals surface area contributed by atoms with Crippen LogP contribution in [0, 0.1) is 34.0 Å². The molecule has 184 valence electrons. The van der Waals surface area contributed by atoms with Crippen molar-refractivity contribution in [3.8, 4) is 12.1 Å². The van der Waals surface area contributed by atoms with E-state index in [-0.39, 0.29) is 17.5 Å². The van der Waals surface area contributed by atoms with Crippen molar-refractivity contribution in [3.05, 3.63) is 35.8 Å². The summed E-state index contributed by atoms with van der Waals surface area (Å²) in [6.45, 7) is 8.22. The molecule has 0 radical (unpaired) electrons. The van der Waals surface area contributed by atoms with Crippen LogP contribution in [0.15, 0.2) is 24.7 Å². The van der Waals surface area contributed by atoms with Gasteiger partial charge in [-0.1, -0.05) is 6.92 Å². The molecule has 2 aromatic heterocycles. The van der Waals surface area contributed by atoms with Crippen LogP contribution in [0.2, 0.25) is 0 Å². The van der Waals surface area contributed by atoms with E-state index in [2.05, 4.69) is 52.7 Å². The number of rotatable bonds is 4. The van der Waals surface area contributed by atoms with Crippen molar-refractivity contribution in [2.24, 2.45) is 11.3 Å². The second kappa shape index (κ2) is 7.89. The first-order valence-corrected chi connectivity index (χ1v) is 12.7. The number of amides is 1. The first kappa shape index (κ1) is 22.7. The number of pyridine rings is 1. The Morgan fingerprint density at radius 3 is 2.53 bits per heavy atom. The molecular weight excluding hydrogens is 452 g/mol. The molecule has 4 fully saturated rings. The van der Waals surface area contributed by atoms with Crippen molar-refractivity contribution in [2.45, 2.75) is 64.0 Å². The number of hydrogen-bond donors (Lipinski definition) is 0. The predicted molar refractivity (Wildman–Crippen MR) is 133 cm³/mol. The molecule has 5 aliphatic rings. The molecule has 3 aliphatic carbocycles. The molecule has 1 amide bonds. The molecule has 0 aromatic carbocycles. The summed E-state index contributed by atoms with van der Waals surface area (Å²) in [6.07, 6.45) is 6.70. The number of nitrogens with zero attached hydrogens (tertiary/aromatic N) is 8. The quantitative estimate of drug-likeness (QED) is 0.652. The van der Waals surface area contributed by atoms with Gasteiger partial charge in [0.1, 0.15) is 23.8 Å². The first-order valence-electron chi connectivity index (χ1n) is 12.7. The molecular formula is C27H30N8O. The molecule has 4 heterocycles. The Hall–Kier alpha value is -3.72. The second-order valence-electron chi connectivity index (χ2n) is 11.5. The number of carbonyl (C=O) groups is 1. The molecule has 3 atom stereocenters. The average Bonchev–Trinajstić information content (AvgIpc) is 3.11. The zero-order chi connectivity index (χ0) is 25.2. The Morgan fingerprint density at radius 1 is 1.11 bits per heavy atom. The van der Waals surface area contributed by atoms with Gasteiger partial charge in [0.25, 0.3) is 0 Å². The fourth-order valence-corrected chi connectivity index (χ4v) is 6.73. The molecule has 36 heavy (non-hydrogen) atoms. The summed E-state index contributed by atoms with van der Waals surface area (Å²) in [4.78, 5) is 33.7. The van der Waals surface area contributed by atoms with Crippen LogP contribution in [0.3, 0.4) is 0 Å². The van der Waals surface area contributed by atoms with Crippen LogP contribution in [-0.4, -0.2) is 57.5 Å². The standard InChI is InChI=1S/C27H30N8O/c1-17-14-34(25(36)27-9-20(10-27)11-27)18(2)13-33(17)23-22-24(32-16-31-23)35(15-26(22,3)5-6-28)21-8-19(12-29)4-7-30-21/h4,7-8,16-18,20H,5,9-11,13-15H2,1-3H3/t17-,18+,20?,26?,27?/m0/s1. The van der Waals surface area contributed by atoms with E-state index in [0.29, 0.717) is 43.3 Å². The summed E-state index contributed by atoms with van der Waals surface area (Å²) in [5.41, 5.74) is 0.881. The van der Waals surface area contributed by atoms with Crippen molar-refractivity contribution in [2.75, 3.05) is 29.4 Å². The minimum atomic E-state index is -0.507. The molecule has 2 aliphatic heterocycles. The minimum absolute atomic E-state index is 0.0713. The normalized spacial score (nSPS) is 32.1. The minimum Gasteiger partial charge on any atom is -0.350 e. The van der Waals surface area contributed by atoms with E-state index in [1.807, 2.05) is 4.90 Å². The highest BCUT2D eigenvalue weighted by Gasteiger charge is 2.63. The van der Waals surface area contributed by atoms with Crippen LogP contribution >= 0.6 is 0 Å². The number of fused-ring (bicyclic) bond motifs is 1. The lowest BCUT2D eigenvalue weighted by atomic mass is 9.44. The molecule has 7 rings (SSSR count). The number of nitriles is 2. The Labute approximate surface area is 211 Å². The number of hydrogen-bond acceptors (Lipinski definition) is 8. The van der Waals surface area contributed by atoms with E-state index in [4.69, 9.17) is 4.98 Å². The van der Waals surface area contributed by atoms with Gasteiger partial charge >= 0.3 is 0 Å². The fraction of sp³-hybridized carbons (Fsp3) is 0.556. The van der Waals surface area contributed by atoms with Crippen LogP contribution < -0.4 is 9.80 Å². The summed E-state index contributed by atoms with van der Waals surface area (Å²) in [6, 6.07) is 8.13. The second-order valence-corrected chi connectivity index (χ2v) is 11.5. The van der Waals surface area contributed by atoms with E-state index in [0.717, 1.165) is 42.4 Å². The highest BCUT2D eigenvalue weighted by molar-refractivity contribution is 5.86. The van der Waals surface area contributed by atoms with Gasteiger partial charge in [-0.2, -0.15) is 10.5 Å². The van der Waals surface area contributed by atoms with Crippen molar-refractivity contribution in [1.82, 2.24) is 19.9 Å². The van der Waals surface area contributed by atoms with Crippen molar-refractivity contribution < 1.29 is 4.79 Å². The van der Waals surface area contributed by atoms with Crippen molar-refractivity contribution >= 4 is 23.4 Å². The molecule has 2 bridgehead atoms. The summed E-state index contributed by atoms with van der Waals surface area (Å²) >= 11 is 0. The van der Waals surface area contributed by atoms with Crippen molar-refractivity contribution in [3.63, 3.8) is 0 Å². The fourth-order valence-electron chi connectivity index (χ4n) is 6.73. The highest BCUT2D eigenvalue weighted by Crippen LogP contribution is 2.65. The molecule has 9 nitrogen and oxygen atoms in total. The van der Waals surface area contributed by atoms with Gasteiger partial charge in [-0.05, 0) is 51.2 Å². The van der Waals surface area contributed by atoms with Gasteiger partial charge < -0.3 is 14.7 Å². The van der Waals surface area contributed by atoms with Crippen molar-refractivity contribution in [1.29, 1.82) is 10.5 Å². The monoisotopic (exact) mass is 482 g/mol. The first-order chi connectivity index (χ1) is 17.3. The maximum Gasteiger partial charge on any atom is 0.229 e. The predicted octanol–water partition coefficient (Wildman–Crippen LogP) is 3.29. The third-order valence-electron chi connectivity index (χ3n) is 8.80. The van der Waals surface area contributed by atoms with Gasteiger partial charge in [-0.25, -0.2) is 15.0 Å². The summed E-state index contributed by atoms with van der Waals surface area (Å²) in [5, 5.41) is 19.1. The smallest absolute Gasteiger partial charge is 0.229 e. The molecule has 0 N–H and O–H groups in total. The van der Waals surface area contributed by atoms with Gasteiger partial charge in [-0.15, -0.1) is 0 Å². The Kier molecular flexibility index (Phi) is 4.98. The number of aromatic nitrogens is 3. The topological polar surface area (TPSA) is 113 Å². The van der Waals surface area contributed by atoms with E-state index < -0.39 is 5.41 Å². The number of piperazine rings is 1. The summed E-state index contributed by atoms with van der Waals surface area (Å²) in [5.74, 6) is 3.30. The maximum absolute atomic E-state index is 13.4. The lowest BCUT2D eigenvalue weighted by molar-refractivity contribution is -0.179. The molecule has 3 saturated carbocycles. The molecule has 1 unspecified atom stereocenters. The van der Waals surface area contributed by atoms with E-state index >= 15 is 0 Å². The largest absolute Gasteiger partial charge is 0.350 e. The van der Waals surface area contributed by atoms with Gasteiger partial charge in [0.2, 0.25) is 5.91 Å². The van der Waals surface area contributed by atoms with Gasteiger partial charge in [0, 0.05) is 55.3 Å². The summed E-state index contributed by atoms with van der Waals surface area (Å²) in [7, 11) is 0. The third-order valence-corrected chi connectivity index (χ3v) is 8.80. The van der Waals surface area contributed by atoms with Crippen LogP contribution in [0.1, 0.15) is 57.6 Å². The Balaban J connectivity index is 1.35. The van der Waals surface area contributed by atoms with Crippen LogP contribution in [0.5, 0.6) is 0 Å². The molecule has 2 aromatic rings. The zero-order valence-electron chi connectivity index (χ0n) is 21.0. The van der Waals surface area contributed by atoms with E-state index in [9.17, 15) is 15.3 Å². The third kappa shape index (κ3) is 3.19. The lowest BCUT2D eigenvalue weighted by Gasteiger charge is -2.62. The highest BCUT2D eigenvalue weighted by atomic mass is 16.2. The van der Waals surface area contributed by atoms with Crippen LogP contribution in [0.25, 0.3) is 0 Å². The number of anilines is 3. The molecule has 0 spiro atoms.